The number of rotatable bonds is 8. The van der Waals surface area contributed by atoms with Crippen LogP contribution in [0.2, 0.25) is 0 Å². The van der Waals surface area contributed by atoms with E-state index in [0.717, 1.165) is 6.21 Å². The third kappa shape index (κ3) is 5.26. The second-order valence-corrected chi connectivity index (χ2v) is 3.84. The fourth-order valence-electron chi connectivity index (χ4n) is 1.51. The van der Waals surface area contributed by atoms with Gasteiger partial charge in [-0.05, 0) is 6.92 Å². The molecule has 0 unspecified atom stereocenters. The van der Waals surface area contributed by atoms with Gasteiger partial charge in [0.05, 0.1) is 30.3 Å². The summed E-state index contributed by atoms with van der Waals surface area (Å²) in [6, 6.07) is -0.581. The minimum Gasteiger partial charge on any atom is -0.492 e. The minimum atomic E-state index is -0.581. The maximum atomic E-state index is 11.5. The van der Waals surface area contributed by atoms with Gasteiger partial charge < -0.3 is 25.9 Å². The normalized spacial score (nSPS) is 10.7. The summed E-state index contributed by atoms with van der Waals surface area (Å²) in [6.07, 6.45) is 5.24. The first-order valence-electron chi connectivity index (χ1n) is 6.33. The summed E-state index contributed by atoms with van der Waals surface area (Å²) in [5, 5.41) is 9.47. The summed E-state index contributed by atoms with van der Waals surface area (Å²) in [5.74, 6) is 5.51. The van der Waals surface area contributed by atoms with Crippen molar-refractivity contribution < 1.29 is 14.3 Å². The van der Waals surface area contributed by atoms with E-state index in [1.54, 1.807) is 0 Å². The molecule has 0 atom stereocenters. The van der Waals surface area contributed by atoms with Crippen LogP contribution in [0.25, 0.3) is 0 Å². The number of hydrazine groups is 2. The molecule has 1 aromatic heterocycles. The van der Waals surface area contributed by atoms with E-state index in [4.69, 9.17) is 26.5 Å². The first kappa shape index (κ1) is 17.2. The molecule has 0 saturated heterocycles. The number of allylic oxidation sites excluding steroid dienone is 1. The van der Waals surface area contributed by atoms with Crippen molar-refractivity contribution in [2.24, 2.45) is 11.6 Å². The van der Waals surface area contributed by atoms with Crippen LogP contribution in [0.5, 0.6) is 5.75 Å². The lowest BCUT2D eigenvalue weighted by atomic mass is 10.2. The molecule has 10 heteroatoms. The Morgan fingerprint density at radius 1 is 1.50 bits per heavy atom. The Kier molecular flexibility index (Phi) is 7.16. The van der Waals surface area contributed by atoms with Gasteiger partial charge in [-0.2, -0.15) is 5.53 Å². The average Bonchev–Trinajstić information content (AvgIpc) is 2.47. The van der Waals surface area contributed by atoms with Crippen molar-refractivity contribution in [1.82, 2.24) is 15.9 Å². The number of hydrogen-bond acceptors (Lipinski definition) is 8. The van der Waals surface area contributed by atoms with Gasteiger partial charge in [0.25, 0.3) is 0 Å². The first-order valence-corrected chi connectivity index (χ1v) is 6.33. The van der Waals surface area contributed by atoms with E-state index in [0.29, 0.717) is 23.6 Å². The lowest BCUT2D eigenvalue weighted by Crippen LogP contribution is -2.44. The predicted octanol–water partition coefficient (Wildman–Crippen LogP) is -0.0536. The largest absolute Gasteiger partial charge is 0.492 e. The number of anilines is 1. The topological polar surface area (TPSA) is 160 Å². The van der Waals surface area contributed by atoms with Gasteiger partial charge in [-0.25, -0.2) is 4.79 Å². The van der Waals surface area contributed by atoms with Gasteiger partial charge in [0.15, 0.2) is 5.88 Å². The molecule has 8 N–H and O–H groups in total. The zero-order chi connectivity index (χ0) is 16.4. The summed E-state index contributed by atoms with van der Waals surface area (Å²) in [7, 11) is 0. The van der Waals surface area contributed by atoms with E-state index < -0.39 is 6.03 Å². The summed E-state index contributed by atoms with van der Waals surface area (Å²) >= 11 is 0. The monoisotopic (exact) mass is 309 g/mol. The van der Waals surface area contributed by atoms with E-state index in [9.17, 15) is 4.79 Å². The van der Waals surface area contributed by atoms with Crippen LogP contribution in [-0.4, -0.2) is 23.8 Å². The maximum Gasteiger partial charge on any atom is 0.334 e. The summed E-state index contributed by atoms with van der Waals surface area (Å²) in [5.41, 5.74) is 10.7. The van der Waals surface area contributed by atoms with Gasteiger partial charge >= 0.3 is 6.03 Å². The number of pyridine rings is 1. The van der Waals surface area contributed by atoms with Crippen LogP contribution in [0.15, 0.2) is 24.4 Å². The van der Waals surface area contributed by atoms with Gasteiger partial charge in [0.2, 0.25) is 0 Å². The highest BCUT2D eigenvalue weighted by Crippen LogP contribution is 2.26. The van der Waals surface area contributed by atoms with Crippen molar-refractivity contribution in [1.29, 1.82) is 5.41 Å². The molecular formula is C12H19N7O3. The lowest BCUT2D eigenvalue weighted by Gasteiger charge is -2.15. The van der Waals surface area contributed by atoms with Crippen LogP contribution >= 0.6 is 0 Å². The molecule has 0 saturated carbocycles. The third-order valence-electron chi connectivity index (χ3n) is 2.38. The van der Waals surface area contributed by atoms with Crippen molar-refractivity contribution in [2.75, 3.05) is 11.9 Å². The molecule has 22 heavy (non-hydrogen) atoms. The molecule has 10 nitrogen and oxygen atoms in total. The Hall–Kier alpha value is -2.85. The van der Waals surface area contributed by atoms with Crippen molar-refractivity contribution >= 4 is 17.9 Å². The predicted molar refractivity (Wildman–Crippen MR) is 80.7 cm³/mol. The Bertz CT molecular complexity index is 548. The first-order chi connectivity index (χ1) is 10.6. The Labute approximate surface area is 127 Å². The van der Waals surface area contributed by atoms with Crippen LogP contribution in [0.3, 0.4) is 0 Å². The van der Waals surface area contributed by atoms with E-state index in [-0.39, 0.29) is 12.5 Å². The highest BCUT2D eigenvalue weighted by Gasteiger charge is 2.13. The molecular weight excluding hydrogens is 290 g/mol. The Morgan fingerprint density at radius 3 is 2.91 bits per heavy atom. The van der Waals surface area contributed by atoms with Crippen molar-refractivity contribution in [2.45, 2.75) is 13.5 Å². The van der Waals surface area contributed by atoms with Crippen LogP contribution < -0.4 is 32.6 Å². The fourth-order valence-corrected chi connectivity index (χ4v) is 1.51. The molecule has 1 heterocycles. The second kappa shape index (κ2) is 9.15. The Balaban J connectivity index is 2.99. The molecule has 0 radical (unpaired) electrons. The van der Waals surface area contributed by atoms with Gasteiger partial charge in [-0.3, -0.25) is 16.3 Å². The van der Waals surface area contributed by atoms with Crippen molar-refractivity contribution in [3.63, 3.8) is 0 Å². The number of carbonyl (C=O) groups excluding carboxylic acids is 1. The molecule has 0 fully saturated rings. The molecule has 0 aliphatic rings. The van der Waals surface area contributed by atoms with E-state index in [2.05, 4.69) is 15.7 Å². The van der Waals surface area contributed by atoms with E-state index in [1.807, 2.05) is 12.5 Å². The number of carbonyl (C=O) groups is 1. The van der Waals surface area contributed by atoms with Gasteiger partial charge in [-0.15, -0.1) is 0 Å². The standard InChI is InChI=1S/C12H19N7O3/c1-2-21-10-6-16-5-9(17-12(20)18-19-15)8(10)7-22-11(14)3-4-13/h3-6,13,19H,2,7,14-15H2,1H3,(H2,17,18,20). The molecule has 1 aromatic rings. The Morgan fingerprint density at radius 2 is 2.27 bits per heavy atom. The summed E-state index contributed by atoms with van der Waals surface area (Å²) in [4.78, 5) is 15.5. The molecule has 0 aliphatic carbocycles. The number of aromatic nitrogens is 1. The van der Waals surface area contributed by atoms with Crippen molar-refractivity contribution in [3.05, 3.63) is 29.9 Å². The van der Waals surface area contributed by atoms with Crippen molar-refractivity contribution in [3.8, 4) is 5.75 Å². The highest BCUT2D eigenvalue weighted by atomic mass is 16.5. The third-order valence-corrected chi connectivity index (χ3v) is 2.38. The lowest BCUT2D eigenvalue weighted by molar-refractivity contribution is 0.192. The van der Waals surface area contributed by atoms with E-state index in [1.165, 1.54) is 18.5 Å². The maximum absolute atomic E-state index is 11.5. The van der Waals surface area contributed by atoms with Crippen LogP contribution in [0, 0.1) is 5.41 Å². The van der Waals surface area contributed by atoms with E-state index >= 15 is 0 Å². The van der Waals surface area contributed by atoms with Gasteiger partial charge in [-0.1, -0.05) is 0 Å². The number of nitrogens with zero attached hydrogens (tertiary/aromatic N) is 1. The number of urea groups is 1. The second-order valence-electron chi connectivity index (χ2n) is 3.84. The zero-order valence-electron chi connectivity index (χ0n) is 12.1. The van der Waals surface area contributed by atoms with Crippen LogP contribution in [-0.2, 0) is 11.3 Å². The quantitative estimate of drug-likeness (QED) is 0.170. The molecule has 2 amide bonds. The van der Waals surface area contributed by atoms with Crippen LogP contribution in [0.1, 0.15) is 12.5 Å². The fraction of sp³-hybridized carbons (Fsp3) is 0.250. The average molecular weight is 309 g/mol. The highest BCUT2D eigenvalue weighted by molar-refractivity contribution is 5.89. The summed E-state index contributed by atoms with van der Waals surface area (Å²) in [6.45, 7) is 2.26. The smallest absolute Gasteiger partial charge is 0.334 e. The molecule has 120 valence electrons. The number of nitrogens with two attached hydrogens (primary N) is 2. The summed E-state index contributed by atoms with van der Waals surface area (Å²) < 4.78 is 10.8. The molecule has 1 rings (SSSR count). The van der Waals surface area contributed by atoms with Gasteiger partial charge in [0.1, 0.15) is 12.4 Å². The minimum absolute atomic E-state index is 0.0275. The molecule has 0 spiro atoms. The van der Waals surface area contributed by atoms with Gasteiger partial charge in [0, 0.05) is 12.3 Å². The number of ether oxygens (including phenoxy) is 2. The SMILES string of the molecule is CCOc1cncc(NC(=O)NNN)c1COC(N)=CC=N. The molecule has 0 aromatic carbocycles. The van der Waals surface area contributed by atoms with Crippen LogP contribution in [0.4, 0.5) is 10.5 Å². The molecule has 0 aliphatic heterocycles. The number of nitrogens with one attached hydrogen (secondary N) is 4. The zero-order valence-corrected chi connectivity index (χ0v) is 12.1. The molecule has 0 bridgehead atoms. The number of amides is 2. The number of hydrogen-bond donors (Lipinski definition) is 6.